The molecule has 0 aliphatic carbocycles. The van der Waals surface area contributed by atoms with E-state index in [0.29, 0.717) is 13.2 Å². The number of ether oxygens (including phenoxy) is 5. The second-order valence-corrected chi connectivity index (χ2v) is 9.67. The first-order valence-electron chi connectivity index (χ1n) is 13.5. The largest absolute Gasteiger partial charge is 0.374 e. The highest BCUT2D eigenvalue weighted by molar-refractivity contribution is 5.89. The SMILES string of the molecule is O=C1[C@@H](COCc2ccccc2)O[C@H](OCc2ccccc2)[C@H](OCc2ccccc2)[C@H]1OCc1ccccc1. The number of hydrogen-bond donors (Lipinski definition) is 0. The number of benzene rings is 4. The van der Waals surface area contributed by atoms with Crippen LogP contribution in [-0.4, -0.2) is 37.0 Å². The summed E-state index contributed by atoms with van der Waals surface area (Å²) in [7, 11) is 0. The van der Waals surface area contributed by atoms with Gasteiger partial charge < -0.3 is 23.7 Å². The summed E-state index contributed by atoms with van der Waals surface area (Å²) in [5.41, 5.74) is 3.95. The van der Waals surface area contributed by atoms with Gasteiger partial charge in [0.2, 0.25) is 0 Å². The first-order chi connectivity index (χ1) is 19.8. The van der Waals surface area contributed by atoms with Crippen LogP contribution in [0.1, 0.15) is 22.3 Å². The zero-order chi connectivity index (χ0) is 27.4. The van der Waals surface area contributed by atoms with E-state index >= 15 is 0 Å². The van der Waals surface area contributed by atoms with E-state index in [4.69, 9.17) is 23.7 Å². The molecule has 0 spiro atoms. The molecule has 0 saturated carbocycles. The third kappa shape index (κ3) is 7.94. The molecule has 1 aliphatic heterocycles. The van der Waals surface area contributed by atoms with E-state index < -0.39 is 24.6 Å². The summed E-state index contributed by atoms with van der Waals surface area (Å²) in [5, 5.41) is 0. The van der Waals surface area contributed by atoms with Crippen LogP contribution in [-0.2, 0) is 54.9 Å². The van der Waals surface area contributed by atoms with E-state index in [1.807, 2.05) is 121 Å². The first-order valence-corrected chi connectivity index (χ1v) is 13.5. The molecule has 5 rings (SSSR count). The Hall–Kier alpha value is -3.65. The molecule has 1 heterocycles. The van der Waals surface area contributed by atoms with Crippen molar-refractivity contribution in [2.75, 3.05) is 6.61 Å². The maximum atomic E-state index is 13.8. The Bertz CT molecular complexity index is 1280. The molecule has 0 aromatic heterocycles. The summed E-state index contributed by atoms with van der Waals surface area (Å²) in [6, 6.07) is 39.2. The van der Waals surface area contributed by atoms with Crippen LogP contribution in [0.2, 0.25) is 0 Å². The molecule has 6 heteroatoms. The highest BCUT2D eigenvalue weighted by Gasteiger charge is 2.47. The van der Waals surface area contributed by atoms with Crippen molar-refractivity contribution in [2.24, 2.45) is 0 Å². The molecular formula is C34H34O6. The molecule has 1 saturated heterocycles. The Labute approximate surface area is 235 Å². The standard InChI is InChI=1S/C34H34O6/c35-31-30(25-36-21-26-13-5-1-6-14-26)40-34(39-24-29-19-11-4-12-20-29)33(38-23-28-17-9-3-10-18-28)32(31)37-22-27-15-7-2-8-16-27/h1-20,30,32-34H,21-25H2/t30-,32+,33-,34+/m1/s1. The van der Waals surface area contributed by atoms with Gasteiger partial charge in [-0.2, -0.15) is 0 Å². The van der Waals surface area contributed by atoms with Crippen molar-refractivity contribution in [3.8, 4) is 0 Å². The van der Waals surface area contributed by atoms with E-state index in [-0.39, 0.29) is 25.6 Å². The fourth-order valence-electron chi connectivity index (χ4n) is 4.53. The van der Waals surface area contributed by atoms with Crippen LogP contribution in [0.4, 0.5) is 0 Å². The summed E-state index contributed by atoms with van der Waals surface area (Å²) in [6.07, 6.45) is -3.37. The predicted octanol–water partition coefficient (Wildman–Crippen LogP) is 5.88. The highest BCUT2D eigenvalue weighted by Crippen LogP contribution is 2.27. The van der Waals surface area contributed by atoms with Crippen LogP contribution in [0.25, 0.3) is 0 Å². The van der Waals surface area contributed by atoms with Gasteiger partial charge in [-0.1, -0.05) is 121 Å². The van der Waals surface area contributed by atoms with Gasteiger partial charge in [0.25, 0.3) is 0 Å². The van der Waals surface area contributed by atoms with Crippen molar-refractivity contribution in [1.29, 1.82) is 0 Å². The lowest BCUT2D eigenvalue weighted by Gasteiger charge is -2.40. The van der Waals surface area contributed by atoms with Gasteiger partial charge in [-0.15, -0.1) is 0 Å². The minimum atomic E-state index is -0.899. The maximum Gasteiger partial charge on any atom is 0.195 e. The van der Waals surface area contributed by atoms with Crippen molar-refractivity contribution in [3.05, 3.63) is 144 Å². The smallest absolute Gasteiger partial charge is 0.195 e. The molecule has 1 fully saturated rings. The van der Waals surface area contributed by atoms with E-state index in [1.165, 1.54) is 0 Å². The molecule has 0 unspecified atom stereocenters. The molecule has 40 heavy (non-hydrogen) atoms. The lowest BCUT2D eigenvalue weighted by molar-refractivity contribution is -0.280. The van der Waals surface area contributed by atoms with Crippen molar-refractivity contribution in [1.82, 2.24) is 0 Å². The fraction of sp³-hybridized carbons (Fsp3) is 0.265. The zero-order valence-corrected chi connectivity index (χ0v) is 22.3. The van der Waals surface area contributed by atoms with E-state index in [2.05, 4.69) is 0 Å². The summed E-state index contributed by atoms with van der Waals surface area (Å²) in [5.74, 6) is -0.221. The van der Waals surface area contributed by atoms with Gasteiger partial charge in [-0.05, 0) is 22.3 Å². The van der Waals surface area contributed by atoms with Gasteiger partial charge in [-0.3, -0.25) is 4.79 Å². The molecule has 0 amide bonds. The Morgan fingerprint density at radius 2 is 0.950 bits per heavy atom. The van der Waals surface area contributed by atoms with Crippen LogP contribution < -0.4 is 0 Å². The van der Waals surface area contributed by atoms with Gasteiger partial charge >= 0.3 is 0 Å². The number of Topliss-reactive ketones (excluding diaryl/α,β-unsaturated/α-hetero) is 1. The van der Waals surface area contributed by atoms with Gasteiger partial charge in [-0.25, -0.2) is 0 Å². The fourth-order valence-corrected chi connectivity index (χ4v) is 4.53. The number of hydrogen-bond acceptors (Lipinski definition) is 6. The Balaban J connectivity index is 1.34. The third-order valence-corrected chi connectivity index (χ3v) is 6.66. The minimum Gasteiger partial charge on any atom is -0.374 e. The molecule has 0 radical (unpaired) electrons. The van der Waals surface area contributed by atoms with Crippen LogP contribution >= 0.6 is 0 Å². The van der Waals surface area contributed by atoms with Crippen molar-refractivity contribution in [2.45, 2.75) is 51.0 Å². The first kappa shape index (κ1) is 27.9. The number of carbonyl (C=O) groups excluding carboxylic acids is 1. The minimum absolute atomic E-state index is 0.0789. The molecule has 0 bridgehead atoms. The Morgan fingerprint density at radius 3 is 1.45 bits per heavy atom. The molecule has 6 nitrogen and oxygen atoms in total. The van der Waals surface area contributed by atoms with Crippen LogP contribution in [0.5, 0.6) is 0 Å². The summed E-state index contributed by atoms with van der Waals surface area (Å²) >= 11 is 0. The lowest BCUT2D eigenvalue weighted by Crippen LogP contribution is -2.58. The Kier molecular flexibility index (Phi) is 10.2. The molecule has 4 aromatic carbocycles. The number of carbonyl (C=O) groups is 1. The van der Waals surface area contributed by atoms with Gasteiger partial charge in [0.05, 0.1) is 33.0 Å². The van der Waals surface area contributed by atoms with Gasteiger partial charge in [0.15, 0.2) is 18.2 Å². The molecular weight excluding hydrogens is 504 g/mol. The lowest BCUT2D eigenvalue weighted by atomic mass is 10.00. The van der Waals surface area contributed by atoms with E-state index in [1.54, 1.807) is 0 Å². The average molecular weight is 539 g/mol. The second-order valence-electron chi connectivity index (χ2n) is 9.67. The molecule has 1 aliphatic rings. The van der Waals surface area contributed by atoms with Crippen molar-refractivity contribution in [3.63, 3.8) is 0 Å². The maximum absolute atomic E-state index is 13.8. The Morgan fingerprint density at radius 1 is 0.525 bits per heavy atom. The quantitative estimate of drug-likeness (QED) is 0.212. The topological polar surface area (TPSA) is 63.2 Å². The highest BCUT2D eigenvalue weighted by atomic mass is 16.7. The van der Waals surface area contributed by atoms with E-state index in [9.17, 15) is 4.79 Å². The molecule has 4 atom stereocenters. The number of ketones is 1. The summed E-state index contributed by atoms with van der Waals surface area (Å²) in [4.78, 5) is 13.8. The van der Waals surface area contributed by atoms with Crippen LogP contribution in [0.15, 0.2) is 121 Å². The normalized spacial score (nSPS) is 20.9. The summed E-state index contributed by atoms with van der Waals surface area (Å²) < 4.78 is 31.0. The third-order valence-electron chi connectivity index (χ3n) is 6.66. The van der Waals surface area contributed by atoms with Crippen molar-refractivity contribution < 1.29 is 28.5 Å². The van der Waals surface area contributed by atoms with Gasteiger partial charge in [0, 0.05) is 0 Å². The predicted molar refractivity (Wildman–Crippen MR) is 151 cm³/mol. The monoisotopic (exact) mass is 538 g/mol. The summed E-state index contributed by atoms with van der Waals surface area (Å²) in [6.45, 7) is 1.29. The van der Waals surface area contributed by atoms with Crippen molar-refractivity contribution >= 4 is 5.78 Å². The average Bonchev–Trinajstić information content (AvgIpc) is 3.01. The second kappa shape index (κ2) is 14.7. The molecule has 0 N–H and O–H groups in total. The van der Waals surface area contributed by atoms with Gasteiger partial charge in [0.1, 0.15) is 12.2 Å². The van der Waals surface area contributed by atoms with Crippen LogP contribution in [0.3, 0.4) is 0 Å². The van der Waals surface area contributed by atoms with E-state index in [0.717, 1.165) is 22.3 Å². The number of rotatable bonds is 13. The van der Waals surface area contributed by atoms with Crippen LogP contribution in [0, 0.1) is 0 Å². The zero-order valence-electron chi connectivity index (χ0n) is 22.3. The molecule has 4 aromatic rings. The molecule has 206 valence electrons.